The first kappa shape index (κ1) is 13.8. The van der Waals surface area contributed by atoms with E-state index in [4.69, 9.17) is 9.72 Å². The van der Waals surface area contributed by atoms with Crippen molar-refractivity contribution in [3.63, 3.8) is 0 Å². The molecule has 5 nitrogen and oxygen atoms in total. The maximum atomic E-state index is 5.40. The Morgan fingerprint density at radius 1 is 1.15 bits per heavy atom. The quantitative estimate of drug-likeness (QED) is 0.882. The number of aromatic nitrogens is 2. The zero-order valence-electron chi connectivity index (χ0n) is 12.2. The van der Waals surface area contributed by atoms with Crippen molar-refractivity contribution in [2.45, 2.75) is 44.6 Å². The smallest absolute Gasteiger partial charge is 0.134 e. The minimum atomic E-state index is 0.485. The van der Waals surface area contributed by atoms with Crippen molar-refractivity contribution in [3.05, 3.63) is 17.6 Å². The average molecular weight is 276 g/mol. The van der Waals surface area contributed by atoms with Crippen LogP contribution in [0.2, 0.25) is 0 Å². The number of hydrogen-bond acceptors (Lipinski definition) is 5. The largest absolute Gasteiger partial charge is 0.381 e. The molecule has 0 unspecified atom stereocenters. The molecule has 0 saturated carbocycles. The van der Waals surface area contributed by atoms with Crippen LogP contribution in [-0.2, 0) is 4.74 Å². The topological polar surface area (TPSA) is 59.1 Å². The van der Waals surface area contributed by atoms with E-state index in [0.29, 0.717) is 12.0 Å². The first-order valence-electron chi connectivity index (χ1n) is 7.72. The molecule has 0 aromatic carbocycles. The van der Waals surface area contributed by atoms with Crippen LogP contribution in [0.15, 0.2) is 6.07 Å². The van der Waals surface area contributed by atoms with Gasteiger partial charge in [-0.3, -0.25) is 0 Å². The van der Waals surface area contributed by atoms with Gasteiger partial charge in [0.1, 0.15) is 11.6 Å². The number of rotatable bonds is 3. The van der Waals surface area contributed by atoms with E-state index in [-0.39, 0.29) is 0 Å². The lowest BCUT2D eigenvalue weighted by Gasteiger charge is -2.25. The van der Waals surface area contributed by atoms with Gasteiger partial charge in [-0.05, 0) is 45.7 Å². The van der Waals surface area contributed by atoms with Gasteiger partial charge in [-0.1, -0.05) is 0 Å². The summed E-state index contributed by atoms with van der Waals surface area (Å²) in [6.45, 7) is 5.91. The Morgan fingerprint density at radius 2 is 1.90 bits per heavy atom. The van der Waals surface area contributed by atoms with E-state index in [1.54, 1.807) is 0 Å². The molecule has 0 atom stereocenters. The van der Waals surface area contributed by atoms with E-state index in [1.165, 1.54) is 0 Å². The molecule has 2 saturated heterocycles. The molecule has 2 fully saturated rings. The summed E-state index contributed by atoms with van der Waals surface area (Å²) in [7, 11) is 0. The van der Waals surface area contributed by atoms with Crippen LogP contribution in [0.4, 0.5) is 5.82 Å². The highest BCUT2D eigenvalue weighted by atomic mass is 16.5. The van der Waals surface area contributed by atoms with Crippen molar-refractivity contribution >= 4 is 5.82 Å². The summed E-state index contributed by atoms with van der Waals surface area (Å²) < 4.78 is 5.40. The summed E-state index contributed by atoms with van der Waals surface area (Å²) in [4.78, 5) is 9.41. The Balaban J connectivity index is 1.71. The first-order valence-corrected chi connectivity index (χ1v) is 7.72. The fourth-order valence-corrected chi connectivity index (χ4v) is 2.98. The van der Waals surface area contributed by atoms with Gasteiger partial charge < -0.3 is 15.4 Å². The Kier molecular flexibility index (Phi) is 4.47. The van der Waals surface area contributed by atoms with E-state index < -0.39 is 0 Å². The molecule has 0 bridgehead atoms. The number of nitrogens with one attached hydrogen (secondary N) is 2. The Labute approximate surface area is 120 Å². The summed E-state index contributed by atoms with van der Waals surface area (Å²) in [5, 5.41) is 6.95. The van der Waals surface area contributed by atoms with Gasteiger partial charge >= 0.3 is 0 Å². The molecule has 110 valence electrons. The molecule has 2 aliphatic heterocycles. The van der Waals surface area contributed by atoms with E-state index >= 15 is 0 Å². The molecule has 3 heterocycles. The van der Waals surface area contributed by atoms with Gasteiger partial charge in [0.25, 0.3) is 0 Å². The molecule has 2 aliphatic rings. The van der Waals surface area contributed by atoms with E-state index in [1.807, 2.05) is 0 Å². The second kappa shape index (κ2) is 6.50. The monoisotopic (exact) mass is 276 g/mol. The third-order valence-corrected chi connectivity index (χ3v) is 4.15. The molecule has 2 N–H and O–H groups in total. The highest BCUT2D eigenvalue weighted by molar-refractivity contribution is 5.37. The van der Waals surface area contributed by atoms with Crippen molar-refractivity contribution in [1.82, 2.24) is 15.3 Å². The highest BCUT2D eigenvalue weighted by Gasteiger charge is 2.20. The van der Waals surface area contributed by atoms with Crippen molar-refractivity contribution in [2.24, 2.45) is 0 Å². The highest BCUT2D eigenvalue weighted by Crippen LogP contribution is 2.24. The van der Waals surface area contributed by atoms with Gasteiger partial charge in [0.05, 0.1) is 0 Å². The number of hydrogen-bond donors (Lipinski definition) is 2. The Bertz CT molecular complexity index is 439. The summed E-state index contributed by atoms with van der Waals surface area (Å²) >= 11 is 0. The van der Waals surface area contributed by atoms with Crippen LogP contribution in [-0.4, -0.2) is 42.3 Å². The third-order valence-electron chi connectivity index (χ3n) is 4.15. The standard InChI is InChI=1S/C15H24N4O/c1-11-10-14(18-13-4-8-20-9-5-13)19-15(17-11)12-2-6-16-7-3-12/h10,12-13,16H,2-9H2,1H3,(H,17,18,19). The zero-order chi connectivity index (χ0) is 13.8. The fraction of sp³-hybridized carbons (Fsp3) is 0.733. The van der Waals surface area contributed by atoms with E-state index in [2.05, 4.69) is 28.6 Å². The van der Waals surface area contributed by atoms with Crippen molar-refractivity contribution in [1.29, 1.82) is 0 Å². The average Bonchev–Trinajstić information content (AvgIpc) is 2.49. The second-order valence-corrected chi connectivity index (χ2v) is 5.81. The van der Waals surface area contributed by atoms with Crippen LogP contribution >= 0.6 is 0 Å². The second-order valence-electron chi connectivity index (χ2n) is 5.81. The number of piperidine rings is 1. The Hall–Kier alpha value is -1.20. The molecular formula is C15H24N4O. The maximum absolute atomic E-state index is 5.40. The SMILES string of the molecule is Cc1cc(NC2CCOCC2)nc(C2CCNCC2)n1. The van der Waals surface area contributed by atoms with Gasteiger partial charge in [0.15, 0.2) is 0 Å². The molecule has 0 radical (unpaired) electrons. The van der Waals surface area contributed by atoms with Crippen LogP contribution in [0.1, 0.15) is 43.1 Å². The normalized spacial score (nSPS) is 21.9. The third kappa shape index (κ3) is 3.46. The van der Waals surface area contributed by atoms with E-state index in [0.717, 1.165) is 69.3 Å². The zero-order valence-corrected chi connectivity index (χ0v) is 12.2. The number of aryl methyl sites for hydroxylation is 1. The lowest BCUT2D eigenvalue weighted by atomic mass is 9.97. The molecule has 1 aromatic heterocycles. The van der Waals surface area contributed by atoms with Gasteiger partial charge in [0, 0.05) is 36.9 Å². The number of anilines is 1. The van der Waals surface area contributed by atoms with Crippen LogP contribution < -0.4 is 10.6 Å². The van der Waals surface area contributed by atoms with Gasteiger partial charge in [-0.2, -0.15) is 0 Å². The summed E-state index contributed by atoms with van der Waals surface area (Å²) in [5.41, 5.74) is 1.06. The first-order chi connectivity index (χ1) is 9.81. The minimum Gasteiger partial charge on any atom is -0.381 e. The van der Waals surface area contributed by atoms with Crippen LogP contribution in [0.25, 0.3) is 0 Å². The van der Waals surface area contributed by atoms with E-state index in [9.17, 15) is 0 Å². The van der Waals surface area contributed by atoms with Gasteiger partial charge in [0.2, 0.25) is 0 Å². The molecular weight excluding hydrogens is 252 g/mol. The molecule has 3 rings (SSSR count). The van der Waals surface area contributed by atoms with Crippen LogP contribution in [0.5, 0.6) is 0 Å². The predicted octanol–water partition coefficient (Wildman–Crippen LogP) is 1.84. The number of ether oxygens (including phenoxy) is 1. The maximum Gasteiger partial charge on any atom is 0.134 e. The lowest BCUT2D eigenvalue weighted by Crippen LogP contribution is -2.29. The number of nitrogens with zero attached hydrogens (tertiary/aromatic N) is 2. The minimum absolute atomic E-state index is 0.485. The van der Waals surface area contributed by atoms with Crippen LogP contribution in [0.3, 0.4) is 0 Å². The molecule has 0 spiro atoms. The fourth-order valence-electron chi connectivity index (χ4n) is 2.98. The molecule has 20 heavy (non-hydrogen) atoms. The molecule has 5 heteroatoms. The Morgan fingerprint density at radius 3 is 2.65 bits per heavy atom. The summed E-state index contributed by atoms with van der Waals surface area (Å²) in [6.07, 6.45) is 4.40. The molecule has 1 aromatic rings. The van der Waals surface area contributed by atoms with Crippen molar-refractivity contribution in [3.8, 4) is 0 Å². The summed E-state index contributed by atoms with van der Waals surface area (Å²) in [6, 6.07) is 2.54. The van der Waals surface area contributed by atoms with Crippen LogP contribution in [0, 0.1) is 6.92 Å². The van der Waals surface area contributed by atoms with Crippen molar-refractivity contribution < 1.29 is 4.74 Å². The lowest BCUT2D eigenvalue weighted by molar-refractivity contribution is 0.0904. The van der Waals surface area contributed by atoms with Gasteiger partial charge in [-0.15, -0.1) is 0 Å². The molecule has 0 aliphatic carbocycles. The summed E-state index contributed by atoms with van der Waals surface area (Å²) in [5.74, 6) is 2.50. The van der Waals surface area contributed by atoms with Gasteiger partial charge in [-0.25, -0.2) is 9.97 Å². The molecule has 0 amide bonds. The van der Waals surface area contributed by atoms with Crippen molar-refractivity contribution in [2.75, 3.05) is 31.6 Å². The predicted molar refractivity (Wildman–Crippen MR) is 79.1 cm³/mol.